The van der Waals surface area contributed by atoms with Crippen LogP contribution in [0.1, 0.15) is 24.6 Å². The van der Waals surface area contributed by atoms with E-state index in [1.165, 1.54) is 0 Å². The number of ether oxygens (including phenoxy) is 1. The molecule has 2 aromatic carbocycles. The van der Waals surface area contributed by atoms with E-state index in [0.717, 1.165) is 35.1 Å². The van der Waals surface area contributed by atoms with Gasteiger partial charge in [-0.05, 0) is 48.7 Å². The van der Waals surface area contributed by atoms with Crippen LogP contribution in [0.25, 0.3) is 0 Å². The molecule has 0 aromatic heterocycles. The standard InChI is InChI=1S/C19H18BrClN2O2/c1-25-17-8-7-14(11-15(17)21)23-18(12-4-2-5-13(20)10-12)22-9-3-6-16(22)19(23)24/h2,4-5,7-8,10-11,16,18H,3,6,9H2,1H3. The van der Waals surface area contributed by atoms with Gasteiger partial charge in [0.2, 0.25) is 5.91 Å². The summed E-state index contributed by atoms with van der Waals surface area (Å²) in [5, 5.41) is 0.507. The molecule has 2 heterocycles. The van der Waals surface area contributed by atoms with E-state index in [1.54, 1.807) is 7.11 Å². The lowest BCUT2D eigenvalue weighted by molar-refractivity contribution is -0.119. The summed E-state index contributed by atoms with van der Waals surface area (Å²) in [6.45, 7) is 0.925. The highest BCUT2D eigenvalue weighted by atomic mass is 79.9. The van der Waals surface area contributed by atoms with Gasteiger partial charge in [0.05, 0.1) is 18.2 Å². The minimum atomic E-state index is -0.109. The van der Waals surface area contributed by atoms with Gasteiger partial charge in [0.15, 0.2) is 0 Å². The van der Waals surface area contributed by atoms with E-state index in [2.05, 4.69) is 33.0 Å². The predicted molar refractivity (Wildman–Crippen MR) is 102 cm³/mol. The second-order valence-electron chi connectivity index (χ2n) is 6.35. The van der Waals surface area contributed by atoms with Crippen molar-refractivity contribution in [2.24, 2.45) is 0 Å². The molecular weight excluding hydrogens is 404 g/mol. The largest absolute Gasteiger partial charge is 0.495 e. The summed E-state index contributed by atoms with van der Waals surface area (Å²) < 4.78 is 6.25. The van der Waals surface area contributed by atoms with Crippen LogP contribution in [0.5, 0.6) is 5.75 Å². The predicted octanol–water partition coefficient (Wildman–Crippen LogP) is 4.62. The van der Waals surface area contributed by atoms with Gasteiger partial charge in [-0.3, -0.25) is 14.6 Å². The Labute approximate surface area is 160 Å². The van der Waals surface area contributed by atoms with Crippen LogP contribution in [0.15, 0.2) is 46.9 Å². The molecule has 2 aliphatic heterocycles. The van der Waals surface area contributed by atoms with E-state index >= 15 is 0 Å². The van der Waals surface area contributed by atoms with Gasteiger partial charge in [-0.1, -0.05) is 39.7 Å². The Bertz CT molecular complexity index is 829. The van der Waals surface area contributed by atoms with Crippen molar-refractivity contribution in [2.75, 3.05) is 18.6 Å². The summed E-state index contributed by atoms with van der Waals surface area (Å²) in [5.41, 5.74) is 1.90. The van der Waals surface area contributed by atoms with Gasteiger partial charge < -0.3 is 4.74 Å². The van der Waals surface area contributed by atoms with Crippen LogP contribution in [-0.2, 0) is 4.79 Å². The maximum atomic E-state index is 13.1. The number of amides is 1. The number of carbonyl (C=O) groups is 1. The number of rotatable bonds is 3. The molecule has 2 fully saturated rings. The van der Waals surface area contributed by atoms with Crippen molar-refractivity contribution < 1.29 is 9.53 Å². The van der Waals surface area contributed by atoms with Crippen LogP contribution in [0, 0.1) is 0 Å². The van der Waals surface area contributed by atoms with Gasteiger partial charge in [-0.25, -0.2) is 0 Å². The number of methoxy groups -OCH3 is 1. The lowest BCUT2D eigenvalue weighted by Gasteiger charge is -2.30. The number of hydrogen-bond donors (Lipinski definition) is 0. The Hall–Kier alpha value is -1.56. The molecule has 0 spiro atoms. The van der Waals surface area contributed by atoms with E-state index < -0.39 is 0 Å². The molecule has 130 valence electrons. The van der Waals surface area contributed by atoms with E-state index in [-0.39, 0.29) is 18.1 Å². The first-order valence-corrected chi connectivity index (χ1v) is 9.45. The number of nitrogens with zero attached hydrogens (tertiary/aromatic N) is 2. The second kappa shape index (κ2) is 6.63. The van der Waals surface area contributed by atoms with Crippen molar-refractivity contribution in [3.63, 3.8) is 0 Å². The maximum absolute atomic E-state index is 13.1. The minimum absolute atomic E-state index is 0.0511. The number of halogens is 2. The molecule has 1 amide bonds. The molecule has 4 nitrogen and oxygen atoms in total. The van der Waals surface area contributed by atoms with Crippen LogP contribution in [-0.4, -0.2) is 30.5 Å². The summed E-state index contributed by atoms with van der Waals surface area (Å²) in [5.74, 6) is 0.750. The lowest BCUT2D eigenvalue weighted by atomic mass is 10.1. The smallest absolute Gasteiger partial charge is 0.246 e. The molecule has 2 aliphatic rings. The first kappa shape index (κ1) is 16.9. The molecule has 0 N–H and O–H groups in total. The van der Waals surface area contributed by atoms with Crippen molar-refractivity contribution in [1.29, 1.82) is 0 Å². The molecule has 0 bridgehead atoms. The summed E-state index contributed by atoms with van der Waals surface area (Å²) >= 11 is 9.86. The molecule has 2 saturated heterocycles. The summed E-state index contributed by atoms with van der Waals surface area (Å²) in [4.78, 5) is 17.3. The van der Waals surface area contributed by atoms with Crippen molar-refractivity contribution in [3.05, 3.63) is 57.5 Å². The van der Waals surface area contributed by atoms with Crippen LogP contribution < -0.4 is 9.64 Å². The zero-order valence-corrected chi connectivity index (χ0v) is 16.1. The average Bonchev–Trinajstić information content (AvgIpc) is 3.17. The van der Waals surface area contributed by atoms with Gasteiger partial charge in [0.25, 0.3) is 0 Å². The third-order valence-corrected chi connectivity index (χ3v) is 5.72. The molecule has 0 aliphatic carbocycles. The van der Waals surface area contributed by atoms with Crippen molar-refractivity contribution in [2.45, 2.75) is 25.0 Å². The van der Waals surface area contributed by atoms with E-state index in [4.69, 9.17) is 16.3 Å². The quantitative estimate of drug-likeness (QED) is 0.725. The molecule has 25 heavy (non-hydrogen) atoms. The number of carbonyl (C=O) groups excluding carboxylic acids is 1. The SMILES string of the molecule is COc1ccc(N2C(=O)C3CCCN3C2c2cccc(Br)c2)cc1Cl. The van der Waals surface area contributed by atoms with Crippen LogP contribution in [0.4, 0.5) is 5.69 Å². The van der Waals surface area contributed by atoms with Crippen molar-refractivity contribution in [1.82, 2.24) is 4.90 Å². The normalized spacial score (nSPS) is 23.2. The second-order valence-corrected chi connectivity index (χ2v) is 7.67. The highest BCUT2D eigenvalue weighted by Gasteiger charge is 2.49. The molecule has 2 unspecified atom stereocenters. The summed E-state index contributed by atoms with van der Waals surface area (Å²) in [6, 6.07) is 13.6. The minimum Gasteiger partial charge on any atom is -0.495 e. The van der Waals surface area contributed by atoms with E-state index in [0.29, 0.717) is 10.8 Å². The van der Waals surface area contributed by atoms with Crippen molar-refractivity contribution >= 4 is 39.1 Å². The van der Waals surface area contributed by atoms with Crippen LogP contribution in [0.2, 0.25) is 5.02 Å². The monoisotopic (exact) mass is 420 g/mol. The number of benzene rings is 2. The van der Waals surface area contributed by atoms with Gasteiger partial charge in [0, 0.05) is 16.7 Å². The Balaban J connectivity index is 1.80. The first-order chi connectivity index (χ1) is 12.1. The average molecular weight is 422 g/mol. The maximum Gasteiger partial charge on any atom is 0.246 e. The fourth-order valence-electron chi connectivity index (χ4n) is 3.86. The molecule has 2 aromatic rings. The third kappa shape index (κ3) is 2.84. The number of hydrogen-bond acceptors (Lipinski definition) is 3. The topological polar surface area (TPSA) is 32.8 Å². The number of fused-ring (bicyclic) bond motifs is 1. The Morgan fingerprint density at radius 1 is 1.24 bits per heavy atom. The number of anilines is 1. The first-order valence-electron chi connectivity index (χ1n) is 8.28. The highest BCUT2D eigenvalue weighted by Crippen LogP contribution is 2.44. The van der Waals surface area contributed by atoms with E-state index in [1.807, 2.05) is 35.2 Å². The van der Waals surface area contributed by atoms with Gasteiger partial charge in [-0.15, -0.1) is 0 Å². The molecule has 4 rings (SSSR count). The van der Waals surface area contributed by atoms with Gasteiger partial charge in [-0.2, -0.15) is 0 Å². The fourth-order valence-corrected chi connectivity index (χ4v) is 4.53. The molecule has 0 saturated carbocycles. The van der Waals surface area contributed by atoms with Gasteiger partial charge >= 0.3 is 0 Å². The molecule has 6 heteroatoms. The lowest BCUT2D eigenvalue weighted by Crippen LogP contribution is -2.32. The van der Waals surface area contributed by atoms with Crippen LogP contribution >= 0.6 is 27.5 Å². The Kier molecular flexibility index (Phi) is 4.48. The molecule has 2 atom stereocenters. The summed E-state index contributed by atoms with van der Waals surface area (Å²) in [7, 11) is 1.59. The fraction of sp³-hybridized carbons (Fsp3) is 0.316. The Morgan fingerprint density at radius 2 is 2.08 bits per heavy atom. The zero-order chi connectivity index (χ0) is 17.6. The van der Waals surface area contributed by atoms with E-state index in [9.17, 15) is 4.79 Å². The molecule has 0 radical (unpaired) electrons. The summed E-state index contributed by atoms with van der Waals surface area (Å²) in [6.07, 6.45) is 1.85. The van der Waals surface area contributed by atoms with Crippen molar-refractivity contribution in [3.8, 4) is 5.75 Å². The Morgan fingerprint density at radius 3 is 2.80 bits per heavy atom. The highest BCUT2D eigenvalue weighted by molar-refractivity contribution is 9.10. The van der Waals surface area contributed by atoms with Crippen LogP contribution in [0.3, 0.4) is 0 Å². The van der Waals surface area contributed by atoms with Gasteiger partial charge in [0.1, 0.15) is 11.9 Å². The molecular formula is C19H18BrClN2O2. The zero-order valence-electron chi connectivity index (χ0n) is 13.8. The third-order valence-electron chi connectivity index (χ3n) is 4.94.